The summed E-state index contributed by atoms with van der Waals surface area (Å²) >= 11 is 0. The molecule has 10 heteroatoms. The molecular formula is C19H29N3O6S. The van der Waals surface area contributed by atoms with Crippen molar-refractivity contribution in [3.05, 3.63) is 29.3 Å². The molecule has 0 aromatic heterocycles. The molecule has 162 valence electrons. The summed E-state index contributed by atoms with van der Waals surface area (Å²) in [5.41, 5.74) is 0.541. The van der Waals surface area contributed by atoms with Crippen LogP contribution in [-0.2, 0) is 19.6 Å². The normalized spacial score (nSPS) is 11.4. The van der Waals surface area contributed by atoms with Gasteiger partial charge in [0.15, 0.2) is 6.61 Å². The molecule has 0 aliphatic heterocycles. The lowest BCUT2D eigenvalue weighted by molar-refractivity contribution is -0.123. The number of hydrogen-bond donors (Lipinski definition) is 2. The third kappa shape index (κ3) is 7.13. The third-order valence-electron chi connectivity index (χ3n) is 4.03. The summed E-state index contributed by atoms with van der Waals surface area (Å²) in [5.74, 6) is -1.42. The Balaban J connectivity index is 2.82. The van der Waals surface area contributed by atoms with Gasteiger partial charge in [0.1, 0.15) is 0 Å². The van der Waals surface area contributed by atoms with E-state index < -0.39 is 34.5 Å². The van der Waals surface area contributed by atoms with E-state index in [0.717, 1.165) is 0 Å². The first-order valence-corrected chi connectivity index (χ1v) is 10.8. The summed E-state index contributed by atoms with van der Waals surface area (Å²) in [6.45, 7) is 9.20. The number of benzene rings is 1. The van der Waals surface area contributed by atoms with Gasteiger partial charge in [-0.3, -0.25) is 10.1 Å². The van der Waals surface area contributed by atoms with Gasteiger partial charge in [-0.25, -0.2) is 18.0 Å². The van der Waals surface area contributed by atoms with Gasteiger partial charge >= 0.3 is 12.0 Å². The minimum absolute atomic E-state index is 0.0312. The van der Waals surface area contributed by atoms with Crippen LogP contribution in [0.3, 0.4) is 0 Å². The summed E-state index contributed by atoms with van der Waals surface area (Å²) in [7, 11) is -3.74. The van der Waals surface area contributed by atoms with Crippen molar-refractivity contribution in [1.29, 1.82) is 0 Å². The van der Waals surface area contributed by atoms with E-state index in [-0.39, 0.29) is 16.4 Å². The Morgan fingerprint density at radius 1 is 1.14 bits per heavy atom. The van der Waals surface area contributed by atoms with Crippen molar-refractivity contribution in [2.75, 3.05) is 26.2 Å². The zero-order valence-corrected chi connectivity index (χ0v) is 18.3. The molecule has 0 aliphatic carbocycles. The molecule has 1 aromatic rings. The Bertz CT molecular complexity index is 848. The summed E-state index contributed by atoms with van der Waals surface area (Å²) in [6.07, 6.45) is 0. The van der Waals surface area contributed by atoms with Crippen molar-refractivity contribution in [3.63, 3.8) is 0 Å². The van der Waals surface area contributed by atoms with E-state index >= 15 is 0 Å². The number of ether oxygens (including phenoxy) is 1. The maximum atomic E-state index is 12.6. The fraction of sp³-hybridized carbons (Fsp3) is 0.526. The van der Waals surface area contributed by atoms with E-state index in [2.05, 4.69) is 10.6 Å². The average Bonchev–Trinajstić information content (AvgIpc) is 2.65. The van der Waals surface area contributed by atoms with Gasteiger partial charge in [-0.2, -0.15) is 4.31 Å². The number of rotatable bonds is 9. The van der Waals surface area contributed by atoms with E-state index in [4.69, 9.17) is 4.74 Å². The van der Waals surface area contributed by atoms with Gasteiger partial charge in [-0.05, 0) is 30.5 Å². The van der Waals surface area contributed by atoms with Crippen LogP contribution in [0, 0.1) is 12.8 Å². The Morgan fingerprint density at radius 3 is 2.31 bits per heavy atom. The highest BCUT2D eigenvalue weighted by atomic mass is 32.2. The van der Waals surface area contributed by atoms with Crippen LogP contribution in [-0.4, -0.2) is 56.9 Å². The minimum atomic E-state index is -3.74. The number of imide groups is 1. The molecule has 3 amide bonds. The van der Waals surface area contributed by atoms with Crippen LogP contribution < -0.4 is 10.6 Å². The molecule has 29 heavy (non-hydrogen) atoms. The van der Waals surface area contributed by atoms with Crippen molar-refractivity contribution in [3.8, 4) is 0 Å². The Morgan fingerprint density at radius 2 is 1.76 bits per heavy atom. The molecule has 0 fully saturated rings. The molecule has 0 aliphatic rings. The van der Waals surface area contributed by atoms with Gasteiger partial charge in [0.2, 0.25) is 10.0 Å². The van der Waals surface area contributed by atoms with Crippen LogP contribution in [0.15, 0.2) is 23.1 Å². The smallest absolute Gasteiger partial charge is 0.338 e. The van der Waals surface area contributed by atoms with Gasteiger partial charge in [0.05, 0.1) is 10.5 Å². The van der Waals surface area contributed by atoms with E-state index in [1.165, 1.54) is 22.5 Å². The highest BCUT2D eigenvalue weighted by Crippen LogP contribution is 2.20. The summed E-state index contributed by atoms with van der Waals surface area (Å²) in [5, 5.41) is 4.56. The molecule has 0 spiro atoms. The molecular weight excluding hydrogens is 398 g/mol. The van der Waals surface area contributed by atoms with Crippen LogP contribution in [0.2, 0.25) is 0 Å². The third-order valence-corrected chi connectivity index (χ3v) is 6.08. The van der Waals surface area contributed by atoms with E-state index in [0.29, 0.717) is 25.2 Å². The number of aryl methyl sites for hydroxylation is 1. The number of urea groups is 1. The SMILES string of the molecule is CCN(CC)S(=O)(=O)c1ccc(C)c(C(=O)OCC(=O)NC(=O)NCC(C)C)c1. The van der Waals surface area contributed by atoms with Crippen LogP contribution >= 0.6 is 0 Å². The summed E-state index contributed by atoms with van der Waals surface area (Å²) < 4.78 is 31.5. The predicted octanol–water partition coefficient (Wildman–Crippen LogP) is 1.66. The molecule has 0 radical (unpaired) electrons. The largest absolute Gasteiger partial charge is 0.452 e. The molecule has 0 heterocycles. The standard InChI is InChI=1S/C19H29N3O6S/c1-6-22(7-2)29(26,27)15-9-8-14(5)16(10-15)18(24)28-12-17(23)21-19(25)20-11-13(3)4/h8-10,13H,6-7,11-12H2,1-5H3,(H2,20,21,23,25). The van der Waals surface area contributed by atoms with E-state index in [9.17, 15) is 22.8 Å². The van der Waals surface area contributed by atoms with E-state index in [1.54, 1.807) is 20.8 Å². The van der Waals surface area contributed by atoms with Crippen molar-refractivity contribution in [1.82, 2.24) is 14.9 Å². The monoisotopic (exact) mass is 427 g/mol. The van der Waals surface area contributed by atoms with Gasteiger partial charge < -0.3 is 10.1 Å². The molecule has 0 saturated carbocycles. The summed E-state index contributed by atoms with van der Waals surface area (Å²) in [6, 6.07) is 3.49. The van der Waals surface area contributed by atoms with Crippen molar-refractivity contribution < 1.29 is 27.5 Å². The second-order valence-electron chi connectivity index (χ2n) is 6.79. The number of amides is 3. The van der Waals surface area contributed by atoms with Crippen molar-refractivity contribution in [2.45, 2.75) is 39.5 Å². The van der Waals surface area contributed by atoms with Gasteiger partial charge in [0, 0.05) is 19.6 Å². The quantitative estimate of drug-likeness (QED) is 0.578. The zero-order chi connectivity index (χ0) is 22.2. The Kier molecular flexibility index (Phi) is 9.25. The lowest BCUT2D eigenvalue weighted by Gasteiger charge is -2.19. The fourth-order valence-corrected chi connectivity index (χ4v) is 3.89. The molecule has 0 unspecified atom stereocenters. The first-order chi connectivity index (χ1) is 13.5. The number of carbonyl (C=O) groups excluding carboxylic acids is 3. The second kappa shape index (κ2) is 10.9. The van der Waals surface area contributed by atoms with Crippen LogP contribution in [0.25, 0.3) is 0 Å². The number of carbonyl (C=O) groups is 3. The lowest BCUT2D eigenvalue weighted by atomic mass is 10.1. The molecule has 0 bridgehead atoms. The van der Waals surface area contributed by atoms with Crippen molar-refractivity contribution in [2.24, 2.45) is 5.92 Å². The molecule has 1 rings (SSSR count). The highest BCUT2D eigenvalue weighted by Gasteiger charge is 2.24. The number of nitrogens with one attached hydrogen (secondary N) is 2. The molecule has 9 nitrogen and oxygen atoms in total. The first-order valence-electron chi connectivity index (χ1n) is 9.38. The fourth-order valence-electron chi connectivity index (χ4n) is 2.41. The van der Waals surface area contributed by atoms with Gasteiger partial charge in [-0.15, -0.1) is 0 Å². The highest BCUT2D eigenvalue weighted by molar-refractivity contribution is 7.89. The Labute approximate surface area is 171 Å². The van der Waals surface area contributed by atoms with Crippen LogP contribution in [0.1, 0.15) is 43.6 Å². The number of hydrogen-bond acceptors (Lipinski definition) is 6. The zero-order valence-electron chi connectivity index (χ0n) is 17.4. The maximum absolute atomic E-state index is 12.6. The summed E-state index contributed by atoms with van der Waals surface area (Å²) in [4.78, 5) is 35.6. The molecule has 0 saturated heterocycles. The van der Waals surface area contributed by atoms with Gasteiger partial charge in [0.25, 0.3) is 5.91 Å². The van der Waals surface area contributed by atoms with E-state index in [1.807, 2.05) is 13.8 Å². The molecule has 1 aromatic carbocycles. The van der Waals surface area contributed by atoms with Gasteiger partial charge in [-0.1, -0.05) is 33.8 Å². The molecule has 0 atom stereocenters. The Hall–Kier alpha value is -2.46. The number of sulfonamides is 1. The lowest BCUT2D eigenvalue weighted by Crippen LogP contribution is -2.42. The maximum Gasteiger partial charge on any atom is 0.338 e. The van der Waals surface area contributed by atoms with Crippen LogP contribution in [0.5, 0.6) is 0 Å². The van der Waals surface area contributed by atoms with Crippen LogP contribution in [0.4, 0.5) is 4.79 Å². The molecule has 2 N–H and O–H groups in total. The average molecular weight is 428 g/mol. The number of nitrogens with zero attached hydrogens (tertiary/aromatic N) is 1. The second-order valence-corrected chi connectivity index (χ2v) is 8.73. The number of esters is 1. The van der Waals surface area contributed by atoms with Crippen molar-refractivity contribution >= 4 is 27.9 Å². The topological polar surface area (TPSA) is 122 Å². The minimum Gasteiger partial charge on any atom is -0.452 e. The predicted molar refractivity (Wildman–Crippen MR) is 108 cm³/mol. The first kappa shape index (κ1) is 24.6.